The van der Waals surface area contributed by atoms with Crippen LogP contribution in [0.3, 0.4) is 0 Å². The number of carbonyl (C=O) groups excluding carboxylic acids is 2. The number of hydrogen-bond acceptors (Lipinski definition) is 10. The molecule has 0 aliphatic carbocycles. The Hall–Kier alpha value is -5.46. The fourth-order valence-corrected chi connectivity index (χ4v) is 9.41. The van der Waals surface area contributed by atoms with Crippen molar-refractivity contribution in [2.75, 3.05) is 19.8 Å². The fraction of sp³-hybridized carbons (Fsp3) is 0.528. The van der Waals surface area contributed by atoms with Crippen LogP contribution in [0.5, 0.6) is 0 Å². The van der Waals surface area contributed by atoms with Gasteiger partial charge >= 0.3 is 11.9 Å². The largest absolute Gasteiger partial charge is 0.465 e. The van der Waals surface area contributed by atoms with Crippen molar-refractivity contribution in [3.05, 3.63) is 192 Å². The molecule has 10 nitrogen and oxygen atoms in total. The summed E-state index contributed by atoms with van der Waals surface area (Å²) >= 11 is 0. The van der Waals surface area contributed by atoms with Crippen LogP contribution >= 0.6 is 0 Å². The van der Waals surface area contributed by atoms with Crippen LogP contribution in [0.15, 0.2) is 164 Å². The number of carbonyl (C=O) groups is 2. The quantitative estimate of drug-likeness (QED) is 0.0263. The summed E-state index contributed by atoms with van der Waals surface area (Å²) in [6.45, 7) is 45.2. The van der Waals surface area contributed by atoms with Gasteiger partial charge in [-0.25, -0.2) is 4.79 Å². The third-order valence-electron chi connectivity index (χ3n) is 13.9. The predicted molar refractivity (Wildman–Crippen MR) is 341 cm³/mol. The van der Waals surface area contributed by atoms with Crippen LogP contribution in [0, 0.1) is 23.7 Å². The lowest BCUT2D eigenvalue weighted by Gasteiger charge is -2.43. The SMILES string of the molecule is C=CC(=O)OCCCC.CC(C)C(c1ccccc1)N(O)C(C)(C)C.CC(ON(C(c1ccccc1)C(C)C)C(C)(C)C)c1ccccc1.CCCCOC(=O)C(CON(C(c1ccccc1)C(C)C)C(C)(C)C)C(C)c1ccccc1. The third-order valence-corrected chi connectivity index (χ3v) is 13.9. The van der Waals surface area contributed by atoms with E-state index >= 15 is 0 Å². The van der Waals surface area contributed by atoms with Crippen molar-refractivity contribution in [1.82, 2.24) is 15.2 Å². The lowest BCUT2D eigenvalue weighted by Crippen LogP contribution is -2.47. The van der Waals surface area contributed by atoms with Crippen molar-refractivity contribution >= 4 is 11.9 Å². The first-order valence-electron chi connectivity index (χ1n) is 30.2. The van der Waals surface area contributed by atoms with Gasteiger partial charge in [0.1, 0.15) is 6.10 Å². The van der Waals surface area contributed by atoms with Crippen molar-refractivity contribution in [3.8, 4) is 0 Å². The molecule has 0 saturated heterocycles. The molecule has 5 rings (SSSR count). The monoisotopic (exact) mass is 1130 g/mol. The first-order chi connectivity index (χ1) is 38.6. The molecular formula is C72H109N3O7. The van der Waals surface area contributed by atoms with E-state index in [0.717, 1.165) is 36.8 Å². The smallest absolute Gasteiger partial charge is 0.330 e. The van der Waals surface area contributed by atoms with Crippen molar-refractivity contribution in [1.29, 1.82) is 0 Å². The lowest BCUT2D eigenvalue weighted by atomic mass is 9.88. The van der Waals surface area contributed by atoms with Crippen LogP contribution in [-0.2, 0) is 28.7 Å². The highest BCUT2D eigenvalue weighted by atomic mass is 16.7. The second-order valence-corrected chi connectivity index (χ2v) is 25.3. The summed E-state index contributed by atoms with van der Waals surface area (Å²) in [6, 6.07) is 52.2. The number of nitrogens with zero attached hydrogens (tertiary/aromatic N) is 3. The number of benzene rings is 5. The Morgan fingerprint density at radius 2 is 0.829 bits per heavy atom. The minimum atomic E-state index is -0.391. The summed E-state index contributed by atoms with van der Waals surface area (Å²) in [6.07, 6.45) is 5.03. The molecule has 0 amide bonds. The van der Waals surface area contributed by atoms with Gasteiger partial charge in [-0.05, 0) is 134 Å². The molecule has 0 spiro atoms. The molecule has 0 aliphatic rings. The Morgan fingerprint density at radius 3 is 1.17 bits per heavy atom. The van der Waals surface area contributed by atoms with Crippen molar-refractivity contribution in [2.24, 2.45) is 23.7 Å². The number of unbranched alkanes of at least 4 members (excludes halogenated alkanes) is 2. The van der Waals surface area contributed by atoms with Crippen LogP contribution in [0.1, 0.15) is 215 Å². The van der Waals surface area contributed by atoms with Crippen LogP contribution in [0.4, 0.5) is 0 Å². The van der Waals surface area contributed by atoms with Gasteiger partial charge in [-0.2, -0.15) is 15.2 Å². The summed E-state index contributed by atoms with van der Waals surface area (Å²) in [7, 11) is 0. The molecule has 0 fully saturated rings. The Balaban J connectivity index is 0.000000409. The van der Waals surface area contributed by atoms with Gasteiger partial charge in [-0.15, -0.1) is 0 Å². The highest BCUT2D eigenvalue weighted by Gasteiger charge is 2.38. The highest BCUT2D eigenvalue weighted by Crippen LogP contribution is 2.39. The number of rotatable bonds is 25. The highest BCUT2D eigenvalue weighted by molar-refractivity contribution is 5.81. The second kappa shape index (κ2) is 37.0. The zero-order valence-corrected chi connectivity index (χ0v) is 54.1. The summed E-state index contributed by atoms with van der Waals surface area (Å²) in [5.41, 5.74) is 5.38. The number of hydrogen-bond donors (Lipinski definition) is 1. The average Bonchev–Trinajstić information content (AvgIpc) is 3.56. The van der Waals surface area contributed by atoms with Gasteiger partial charge in [0, 0.05) is 22.7 Å². The molecule has 10 heteroatoms. The fourth-order valence-electron chi connectivity index (χ4n) is 9.41. The van der Waals surface area contributed by atoms with Crippen molar-refractivity contribution in [2.45, 2.75) is 204 Å². The van der Waals surface area contributed by atoms with Crippen LogP contribution < -0.4 is 0 Å². The van der Waals surface area contributed by atoms with Gasteiger partial charge in [0.15, 0.2) is 0 Å². The molecule has 5 aromatic rings. The molecule has 0 radical (unpaired) electrons. The van der Waals surface area contributed by atoms with Gasteiger partial charge in [0.05, 0.1) is 43.9 Å². The molecule has 5 aromatic carbocycles. The van der Waals surface area contributed by atoms with Gasteiger partial charge in [-0.1, -0.05) is 233 Å². The van der Waals surface area contributed by atoms with E-state index in [2.05, 4.69) is 228 Å². The van der Waals surface area contributed by atoms with Gasteiger partial charge in [0.2, 0.25) is 0 Å². The zero-order chi connectivity index (χ0) is 61.6. The molecule has 0 bridgehead atoms. The van der Waals surface area contributed by atoms with Gasteiger partial charge < -0.3 is 14.7 Å². The first kappa shape index (κ1) is 72.6. The summed E-state index contributed by atoms with van der Waals surface area (Å²) in [5.74, 6) is 0.210. The van der Waals surface area contributed by atoms with E-state index < -0.39 is 5.92 Å². The molecule has 0 heterocycles. The minimum Gasteiger partial charge on any atom is -0.465 e. The molecule has 0 saturated carbocycles. The number of esters is 2. The molecule has 0 aromatic heterocycles. The molecule has 0 aliphatic heterocycles. The molecule has 6 unspecified atom stereocenters. The lowest BCUT2D eigenvalue weighted by molar-refractivity contribution is -0.272. The maximum Gasteiger partial charge on any atom is 0.330 e. The molecule has 454 valence electrons. The van der Waals surface area contributed by atoms with Gasteiger partial charge in [0.25, 0.3) is 0 Å². The zero-order valence-electron chi connectivity index (χ0n) is 54.1. The molecule has 82 heavy (non-hydrogen) atoms. The molecule has 1 N–H and O–H groups in total. The Labute approximate surface area is 498 Å². The maximum atomic E-state index is 13.1. The molecular weight excluding hydrogens is 1020 g/mol. The van der Waals surface area contributed by atoms with Gasteiger partial charge in [-0.3, -0.25) is 14.5 Å². The Bertz CT molecular complexity index is 2450. The first-order valence-corrected chi connectivity index (χ1v) is 30.2. The van der Waals surface area contributed by atoms with E-state index in [1.54, 1.807) is 0 Å². The standard InChI is InChI=1S/C29H43NO3.C22H31NO.C14H23NO.C7H12O2/c1-8-9-20-32-28(31)26(23(4)24-16-12-10-13-17-24)21-33-30(29(5,6)7)27(22(2)3)25-18-14-11-15-19-25;1-17(2)21(20-15-11-8-12-16-20)23(22(4,5)6)24-18(3)19-13-9-7-10-14-19;1-11(2)13(15(16)14(3,4)5)12-9-7-6-8-10-12;1-3-5-6-9-7(8)4-2/h10-19,22-23,26-27H,8-9,20-21H2,1-7H3;7-18,21H,1-6H3;6-11,13,16H,1-5H3;4H,2-3,5-6H2,1H3. The van der Waals surface area contributed by atoms with Crippen LogP contribution in [-0.4, -0.2) is 68.8 Å². The predicted octanol–water partition coefficient (Wildman–Crippen LogP) is 18.7. The van der Waals surface area contributed by atoms with Crippen LogP contribution in [0.2, 0.25) is 0 Å². The normalized spacial score (nSPS) is 14.1. The summed E-state index contributed by atoms with van der Waals surface area (Å²) in [4.78, 5) is 36.6. The topological polar surface area (TPSA) is 101 Å². The van der Waals surface area contributed by atoms with E-state index in [1.807, 2.05) is 76.2 Å². The maximum absolute atomic E-state index is 13.1. The van der Waals surface area contributed by atoms with E-state index in [4.69, 9.17) is 14.4 Å². The second-order valence-electron chi connectivity index (χ2n) is 25.3. The van der Waals surface area contributed by atoms with E-state index in [9.17, 15) is 14.8 Å². The van der Waals surface area contributed by atoms with E-state index in [0.29, 0.717) is 31.0 Å². The summed E-state index contributed by atoms with van der Waals surface area (Å²) < 4.78 is 10.3. The van der Waals surface area contributed by atoms with Crippen LogP contribution in [0.25, 0.3) is 0 Å². The third kappa shape index (κ3) is 25.6. The van der Waals surface area contributed by atoms with Crippen molar-refractivity contribution < 1.29 is 33.9 Å². The van der Waals surface area contributed by atoms with E-state index in [1.165, 1.54) is 27.8 Å². The van der Waals surface area contributed by atoms with E-state index in [-0.39, 0.29) is 65.3 Å². The average molecular weight is 1130 g/mol. The number of ether oxygens (including phenoxy) is 2. The molecule has 6 atom stereocenters. The summed E-state index contributed by atoms with van der Waals surface area (Å²) in [5, 5.41) is 16.0. The Kier molecular flexibility index (Phi) is 32.8. The number of hydroxylamine groups is 6. The minimum absolute atomic E-state index is 0.00962. The van der Waals surface area contributed by atoms with Crippen molar-refractivity contribution in [3.63, 3.8) is 0 Å². The Morgan fingerprint density at radius 1 is 0.488 bits per heavy atom.